The van der Waals surface area contributed by atoms with Crippen LogP contribution in [-0.4, -0.2) is 42.7 Å². The number of aromatic amines is 1. The van der Waals surface area contributed by atoms with Crippen LogP contribution in [0.3, 0.4) is 0 Å². The van der Waals surface area contributed by atoms with Crippen molar-refractivity contribution >= 4 is 11.7 Å². The predicted octanol–water partition coefficient (Wildman–Crippen LogP) is 3.57. The maximum absolute atomic E-state index is 12.5. The number of nitrogens with one attached hydrogen (secondary N) is 3. The first-order valence-corrected chi connectivity index (χ1v) is 9.76. The number of rotatable bonds is 7. The molecule has 3 aromatic rings. The Morgan fingerprint density at radius 3 is 2.97 bits per heavy atom. The minimum Gasteiger partial charge on any atom is -0.497 e. The van der Waals surface area contributed by atoms with Crippen LogP contribution in [0.1, 0.15) is 12.0 Å². The second-order valence-corrected chi connectivity index (χ2v) is 6.96. The smallest absolute Gasteiger partial charge is 0.319 e. The molecule has 156 valence electrons. The summed E-state index contributed by atoms with van der Waals surface area (Å²) in [7, 11) is 1.61. The van der Waals surface area contributed by atoms with Crippen molar-refractivity contribution in [3.8, 4) is 22.6 Å². The fraction of sp³-hybridized carbons (Fsp3) is 0.273. The van der Waals surface area contributed by atoms with Gasteiger partial charge in [0.2, 0.25) is 0 Å². The van der Waals surface area contributed by atoms with Crippen molar-refractivity contribution in [3.05, 3.63) is 60.4 Å². The number of anilines is 1. The molecule has 8 heteroatoms. The number of nitrogens with zero attached hydrogens (tertiary/aromatic N) is 1. The summed E-state index contributed by atoms with van der Waals surface area (Å²) in [6.07, 6.45) is 4.33. The highest BCUT2D eigenvalue weighted by Crippen LogP contribution is 2.32. The lowest BCUT2D eigenvalue weighted by atomic mass is 10.1. The zero-order valence-electron chi connectivity index (χ0n) is 16.7. The highest BCUT2D eigenvalue weighted by Gasteiger charge is 2.20. The summed E-state index contributed by atoms with van der Waals surface area (Å²) >= 11 is 0. The Kier molecular flexibility index (Phi) is 6.14. The molecule has 4 rings (SSSR count). The number of ether oxygens (including phenoxy) is 3. The molecule has 0 bridgehead atoms. The molecule has 0 radical (unpaired) electrons. The number of hydrogen-bond donors (Lipinski definition) is 3. The number of urea groups is 1. The van der Waals surface area contributed by atoms with Crippen LogP contribution in [0.5, 0.6) is 11.5 Å². The van der Waals surface area contributed by atoms with Crippen LogP contribution in [0.15, 0.2) is 54.9 Å². The molecule has 30 heavy (non-hydrogen) atoms. The van der Waals surface area contributed by atoms with E-state index in [1.54, 1.807) is 13.3 Å². The van der Waals surface area contributed by atoms with E-state index in [4.69, 9.17) is 14.2 Å². The molecule has 2 aromatic carbocycles. The van der Waals surface area contributed by atoms with Gasteiger partial charge >= 0.3 is 6.03 Å². The van der Waals surface area contributed by atoms with E-state index in [0.717, 1.165) is 28.9 Å². The van der Waals surface area contributed by atoms with E-state index in [1.807, 2.05) is 48.7 Å². The monoisotopic (exact) mass is 408 g/mol. The Morgan fingerprint density at radius 2 is 2.20 bits per heavy atom. The van der Waals surface area contributed by atoms with Crippen LogP contribution >= 0.6 is 0 Å². The van der Waals surface area contributed by atoms with Crippen LogP contribution in [0.4, 0.5) is 10.5 Å². The molecule has 1 aromatic heterocycles. The average molecular weight is 408 g/mol. The molecule has 1 aliphatic heterocycles. The molecule has 0 aliphatic carbocycles. The van der Waals surface area contributed by atoms with Crippen molar-refractivity contribution in [3.63, 3.8) is 0 Å². The van der Waals surface area contributed by atoms with Gasteiger partial charge in [0.05, 0.1) is 32.2 Å². The highest BCUT2D eigenvalue weighted by molar-refractivity contribution is 5.91. The van der Waals surface area contributed by atoms with E-state index in [1.165, 1.54) is 0 Å². The third-order valence-corrected chi connectivity index (χ3v) is 4.83. The molecule has 0 saturated carbocycles. The molecule has 1 fully saturated rings. The lowest BCUT2D eigenvalue weighted by Crippen LogP contribution is -2.28. The van der Waals surface area contributed by atoms with E-state index in [-0.39, 0.29) is 12.1 Å². The minimum absolute atomic E-state index is 0.0370. The summed E-state index contributed by atoms with van der Waals surface area (Å²) in [5.74, 6) is 1.35. The van der Waals surface area contributed by atoms with Gasteiger partial charge in [0.1, 0.15) is 17.6 Å². The molecule has 1 saturated heterocycles. The van der Waals surface area contributed by atoms with Gasteiger partial charge in [0.15, 0.2) is 0 Å². The van der Waals surface area contributed by atoms with Gasteiger partial charge in [-0.05, 0) is 35.4 Å². The number of hydrogen-bond acceptors (Lipinski definition) is 5. The summed E-state index contributed by atoms with van der Waals surface area (Å²) in [6.45, 7) is 1.59. The molecule has 3 N–H and O–H groups in total. The molecule has 8 nitrogen and oxygen atoms in total. The number of aromatic nitrogens is 2. The van der Waals surface area contributed by atoms with Gasteiger partial charge in [0.25, 0.3) is 0 Å². The molecule has 1 unspecified atom stereocenters. The second-order valence-electron chi connectivity index (χ2n) is 6.96. The van der Waals surface area contributed by atoms with Crippen LogP contribution < -0.4 is 20.1 Å². The largest absolute Gasteiger partial charge is 0.497 e. The number of H-pyrrole nitrogens is 1. The number of amides is 2. The van der Waals surface area contributed by atoms with Gasteiger partial charge in [-0.3, -0.25) is 5.10 Å². The van der Waals surface area contributed by atoms with Crippen LogP contribution in [0.25, 0.3) is 11.1 Å². The normalized spacial score (nSPS) is 15.6. The summed E-state index contributed by atoms with van der Waals surface area (Å²) in [6, 6.07) is 12.9. The maximum atomic E-state index is 12.5. The predicted molar refractivity (Wildman–Crippen MR) is 113 cm³/mol. The lowest BCUT2D eigenvalue weighted by Gasteiger charge is -2.17. The standard InChI is InChI=1S/C22H24N4O4/c1-28-18-4-2-3-15(9-18)11-23-22(27)26-20-6-5-16(17-12-24-25-13-17)10-21(20)30-19-7-8-29-14-19/h2-6,9-10,12-13,19H,7-8,11,14H2,1H3,(H,24,25)(H2,23,26,27). The Hall–Kier alpha value is -3.52. The van der Waals surface area contributed by atoms with E-state index < -0.39 is 0 Å². The summed E-state index contributed by atoms with van der Waals surface area (Å²) in [5.41, 5.74) is 3.42. The molecule has 0 spiro atoms. The van der Waals surface area contributed by atoms with Crippen LogP contribution in [0.2, 0.25) is 0 Å². The fourth-order valence-corrected chi connectivity index (χ4v) is 3.23. The maximum Gasteiger partial charge on any atom is 0.319 e. The van der Waals surface area contributed by atoms with Crippen molar-refractivity contribution in [2.24, 2.45) is 0 Å². The SMILES string of the molecule is COc1cccc(CNC(=O)Nc2ccc(-c3cn[nH]c3)cc2OC2CCOC2)c1. The molecule has 1 aliphatic rings. The Morgan fingerprint density at radius 1 is 1.27 bits per heavy atom. The average Bonchev–Trinajstić information content (AvgIpc) is 3.48. The number of methoxy groups -OCH3 is 1. The van der Waals surface area contributed by atoms with Crippen molar-refractivity contribution in [2.45, 2.75) is 19.1 Å². The van der Waals surface area contributed by atoms with E-state index in [9.17, 15) is 4.79 Å². The second kappa shape index (κ2) is 9.32. The Labute approximate surface area is 174 Å². The van der Waals surface area contributed by atoms with Crippen molar-refractivity contribution in [1.29, 1.82) is 0 Å². The van der Waals surface area contributed by atoms with Gasteiger partial charge in [-0.2, -0.15) is 5.10 Å². The van der Waals surface area contributed by atoms with Gasteiger partial charge in [-0.1, -0.05) is 18.2 Å². The lowest BCUT2D eigenvalue weighted by molar-refractivity contribution is 0.142. The van der Waals surface area contributed by atoms with E-state index in [2.05, 4.69) is 20.8 Å². The molecule has 2 amide bonds. The van der Waals surface area contributed by atoms with Gasteiger partial charge in [0, 0.05) is 24.7 Å². The highest BCUT2D eigenvalue weighted by atomic mass is 16.5. The third-order valence-electron chi connectivity index (χ3n) is 4.83. The zero-order chi connectivity index (χ0) is 20.8. The van der Waals surface area contributed by atoms with Crippen LogP contribution in [0, 0.1) is 0 Å². The first-order chi connectivity index (χ1) is 14.7. The van der Waals surface area contributed by atoms with Crippen molar-refractivity contribution < 1.29 is 19.0 Å². The first-order valence-electron chi connectivity index (χ1n) is 9.76. The number of carbonyl (C=O) groups excluding carboxylic acids is 1. The van der Waals surface area contributed by atoms with Gasteiger partial charge < -0.3 is 24.8 Å². The Balaban J connectivity index is 1.46. The molecule has 1 atom stereocenters. The van der Waals surface area contributed by atoms with Gasteiger partial charge in [-0.25, -0.2) is 4.79 Å². The van der Waals surface area contributed by atoms with E-state index >= 15 is 0 Å². The molecular weight excluding hydrogens is 384 g/mol. The molecule has 2 heterocycles. The van der Waals surface area contributed by atoms with Crippen LogP contribution in [-0.2, 0) is 11.3 Å². The topological polar surface area (TPSA) is 97.5 Å². The fourth-order valence-electron chi connectivity index (χ4n) is 3.23. The zero-order valence-corrected chi connectivity index (χ0v) is 16.7. The van der Waals surface area contributed by atoms with E-state index in [0.29, 0.717) is 31.2 Å². The van der Waals surface area contributed by atoms with Crippen molar-refractivity contribution in [1.82, 2.24) is 15.5 Å². The number of carbonyl (C=O) groups is 1. The summed E-state index contributed by atoms with van der Waals surface area (Å²) < 4.78 is 16.8. The summed E-state index contributed by atoms with van der Waals surface area (Å²) in [5, 5.41) is 12.5. The first kappa shape index (κ1) is 19.8. The quantitative estimate of drug-likeness (QED) is 0.555. The van der Waals surface area contributed by atoms with Crippen molar-refractivity contribution in [2.75, 3.05) is 25.6 Å². The molecular formula is C22H24N4O4. The third kappa shape index (κ3) is 4.90. The Bertz CT molecular complexity index is 985. The number of benzene rings is 2. The minimum atomic E-state index is -0.318. The summed E-state index contributed by atoms with van der Waals surface area (Å²) in [4.78, 5) is 12.5. The van der Waals surface area contributed by atoms with Gasteiger partial charge in [-0.15, -0.1) is 0 Å².